The Bertz CT molecular complexity index is 506. The third-order valence-corrected chi connectivity index (χ3v) is 4.78. The van der Waals surface area contributed by atoms with Crippen LogP contribution in [-0.4, -0.2) is 47.7 Å². The molecule has 5 nitrogen and oxygen atoms in total. The van der Waals surface area contributed by atoms with Gasteiger partial charge >= 0.3 is 0 Å². The van der Waals surface area contributed by atoms with Crippen molar-refractivity contribution in [3.8, 4) is 5.88 Å². The number of carbonyl (C=O) groups is 1. The smallest absolute Gasteiger partial charge is 0.255 e. The number of rotatable bonds is 5. The molecule has 1 aliphatic carbocycles. The first kappa shape index (κ1) is 16.2. The van der Waals surface area contributed by atoms with Gasteiger partial charge in [-0.2, -0.15) is 0 Å². The fraction of sp³-hybridized carbons (Fsp3) is 0.667. The van der Waals surface area contributed by atoms with Crippen molar-refractivity contribution in [1.29, 1.82) is 0 Å². The van der Waals surface area contributed by atoms with Gasteiger partial charge in [-0.15, -0.1) is 0 Å². The summed E-state index contributed by atoms with van der Waals surface area (Å²) < 4.78 is 11.0. The van der Waals surface area contributed by atoms with E-state index >= 15 is 0 Å². The van der Waals surface area contributed by atoms with E-state index in [1.165, 1.54) is 19.3 Å². The summed E-state index contributed by atoms with van der Waals surface area (Å²) >= 11 is 0. The van der Waals surface area contributed by atoms with E-state index in [1.54, 1.807) is 12.3 Å². The molecule has 1 atom stereocenters. The van der Waals surface area contributed by atoms with E-state index in [0.29, 0.717) is 24.1 Å². The quantitative estimate of drug-likeness (QED) is 0.837. The van der Waals surface area contributed by atoms with Crippen LogP contribution >= 0.6 is 0 Å². The van der Waals surface area contributed by atoms with E-state index in [0.717, 1.165) is 32.4 Å². The number of carbonyl (C=O) groups excluding carboxylic acids is 1. The average Bonchev–Trinajstić information content (AvgIpc) is 3.10. The molecule has 0 bridgehead atoms. The Kier molecular flexibility index (Phi) is 5.49. The molecular weight excluding hydrogens is 292 g/mol. The van der Waals surface area contributed by atoms with Crippen LogP contribution < -0.4 is 4.74 Å². The minimum atomic E-state index is 0.0819. The zero-order valence-corrected chi connectivity index (χ0v) is 13.9. The first-order valence-electron chi connectivity index (χ1n) is 8.79. The van der Waals surface area contributed by atoms with E-state index < -0.39 is 0 Å². The Morgan fingerprint density at radius 1 is 1.30 bits per heavy atom. The van der Waals surface area contributed by atoms with Gasteiger partial charge in [0.25, 0.3) is 5.91 Å². The molecule has 0 radical (unpaired) electrons. The Hall–Kier alpha value is -1.62. The Morgan fingerprint density at radius 3 is 2.74 bits per heavy atom. The van der Waals surface area contributed by atoms with Crippen molar-refractivity contribution >= 4 is 5.91 Å². The summed E-state index contributed by atoms with van der Waals surface area (Å²) in [7, 11) is 0. The molecule has 3 rings (SSSR count). The maximum Gasteiger partial charge on any atom is 0.255 e. The molecule has 1 aromatic rings. The highest BCUT2D eigenvalue weighted by molar-refractivity contribution is 5.94. The summed E-state index contributed by atoms with van der Waals surface area (Å²) in [5, 5.41) is 0. The van der Waals surface area contributed by atoms with Crippen molar-refractivity contribution in [3.05, 3.63) is 23.9 Å². The molecular formula is C18H26N2O3. The Labute approximate surface area is 138 Å². The fourth-order valence-corrected chi connectivity index (χ4v) is 3.48. The molecule has 0 spiro atoms. The van der Waals surface area contributed by atoms with Gasteiger partial charge in [0.05, 0.1) is 18.8 Å². The van der Waals surface area contributed by atoms with Gasteiger partial charge in [0.15, 0.2) is 0 Å². The van der Waals surface area contributed by atoms with Crippen LogP contribution in [0.2, 0.25) is 0 Å². The molecule has 2 fully saturated rings. The van der Waals surface area contributed by atoms with Crippen LogP contribution in [0.5, 0.6) is 5.88 Å². The summed E-state index contributed by atoms with van der Waals surface area (Å²) in [6, 6.07) is 4.00. The highest BCUT2D eigenvalue weighted by Crippen LogP contribution is 2.24. The molecule has 1 amide bonds. The second kappa shape index (κ2) is 7.77. The normalized spacial score (nSPS) is 22.0. The van der Waals surface area contributed by atoms with Crippen molar-refractivity contribution in [2.45, 2.75) is 57.6 Å². The molecule has 0 N–H and O–H groups in total. The standard InChI is InChI=1S/C18H26N2O3/c1-2-20(15-6-4-3-5-7-15)18(21)14-8-9-17(19-12-14)23-16-10-11-22-13-16/h8-9,12,15-16H,2-7,10-11,13H2,1H3. The van der Waals surface area contributed by atoms with Crippen LogP contribution in [-0.2, 0) is 4.74 Å². The number of aromatic nitrogens is 1. The van der Waals surface area contributed by atoms with Crippen LogP contribution in [0.3, 0.4) is 0 Å². The molecule has 1 unspecified atom stereocenters. The van der Waals surface area contributed by atoms with Gasteiger partial charge in [-0.3, -0.25) is 4.79 Å². The van der Waals surface area contributed by atoms with Gasteiger partial charge in [0.2, 0.25) is 5.88 Å². The lowest BCUT2D eigenvalue weighted by atomic mass is 9.94. The van der Waals surface area contributed by atoms with Crippen LogP contribution in [0.25, 0.3) is 0 Å². The van der Waals surface area contributed by atoms with Crippen LogP contribution in [0.4, 0.5) is 0 Å². The number of pyridine rings is 1. The van der Waals surface area contributed by atoms with Crippen LogP contribution in [0, 0.1) is 0 Å². The molecule has 1 aliphatic heterocycles. The van der Waals surface area contributed by atoms with Gasteiger partial charge in [-0.1, -0.05) is 19.3 Å². The molecule has 0 aromatic carbocycles. The second-order valence-corrected chi connectivity index (χ2v) is 6.37. The number of nitrogens with zero attached hydrogens (tertiary/aromatic N) is 2. The molecule has 2 aliphatic rings. The van der Waals surface area contributed by atoms with Gasteiger partial charge in [-0.05, 0) is 25.8 Å². The summed E-state index contributed by atoms with van der Waals surface area (Å²) in [5.41, 5.74) is 0.646. The molecule has 126 valence electrons. The summed E-state index contributed by atoms with van der Waals surface area (Å²) in [6.45, 7) is 4.17. The number of hydrogen-bond acceptors (Lipinski definition) is 4. The van der Waals surface area contributed by atoms with Crippen molar-refractivity contribution in [3.63, 3.8) is 0 Å². The van der Waals surface area contributed by atoms with Crippen molar-refractivity contribution in [2.24, 2.45) is 0 Å². The molecule has 1 aromatic heterocycles. The van der Waals surface area contributed by atoms with Gasteiger partial charge < -0.3 is 14.4 Å². The molecule has 2 heterocycles. The molecule has 1 saturated heterocycles. The maximum atomic E-state index is 12.8. The van der Waals surface area contributed by atoms with E-state index in [1.807, 2.05) is 11.0 Å². The topological polar surface area (TPSA) is 51.7 Å². The van der Waals surface area contributed by atoms with Crippen molar-refractivity contribution in [2.75, 3.05) is 19.8 Å². The third kappa shape index (κ3) is 4.02. The first-order valence-corrected chi connectivity index (χ1v) is 8.79. The van der Waals surface area contributed by atoms with E-state index in [2.05, 4.69) is 11.9 Å². The monoisotopic (exact) mass is 318 g/mol. The van der Waals surface area contributed by atoms with Crippen molar-refractivity contribution in [1.82, 2.24) is 9.88 Å². The predicted octanol–water partition coefficient (Wildman–Crippen LogP) is 3.04. The Balaban J connectivity index is 1.63. The van der Waals surface area contributed by atoms with Crippen LogP contribution in [0.15, 0.2) is 18.3 Å². The zero-order chi connectivity index (χ0) is 16.1. The third-order valence-electron chi connectivity index (χ3n) is 4.78. The van der Waals surface area contributed by atoms with Gasteiger partial charge in [-0.25, -0.2) is 4.98 Å². The maximum absolute atomic E-state index is 12.8. The van der Waals surface area contributed by atoms with Gasteiger partial charge in [0, 0.05) is 31.3 Å². The van der Waals surface area contributed by atoms with Crippen molar-refractivity contribution < 1.29 is 14.3 Å². The highest BCUT2D eigenvalue weighted by Gasteiger charge is 2.25. The Morgan fingerprint density at radius 2 is 2.13 bits per heavy atom. The van der Waals surface area contributed by atoms with Crippen LogP contribution in [0.1, 0.15) is 55.8 Å². The molecule has 1 saturated carbocycles. The zero-order valence-electron chi connectivity index (χ0n) is 13.9. The lowest BCUT2D eigenvalue weighted by Crippen LogP contribution is -2.41. The first-order chi connectivity index (χ1) is 11.3. The minimum Gasteiger partial charge on any atom is -0.472 e. The number of hydrogen-bond donors (Lipinski definition) is 0. The summed E-state index contributed by atoms with van der Waals surface area (Å²) in [4.78, 5) is 19.1. The number of amides is 1. The predicted molar refractivity (Wildman–Crippen MR) is 87.7 cm³/mol. The highest BCUT2D eigenvalue weighted by atomic mass is 16.5. The lowest BCUT2D eigenvalue weighted by molar-refractivity contribution is 0.0647. The lowest BCUT2D eigenvalue weighted by Gasteiger charge is -2.33. The fourth-order valence-electron chi connectivity index (χ4n) is 3.48. The largest absolute Gasteiger partial charge is 0.472 e. The second-order valence-electron chi connectivity index (χ2n) is 6.37. The average molecular weight is 318 g/mol. The minimum absolute atomic E-state index is 0.0819. The SMILES string of the molecule is CCN(C(=O)c1ccc(OC2CCOC2)nc1)C1CCCCC1. The van der Waals surface area contributed by atoms with E-state index in [9.17, 15) is 4.79 Å². The summed E-state index contributed by atoms with van der Waals surface area (Å²) in [6.07, 6.45) is 8.60. The van der Waals surface area contributed by atoms with E-state index in [4.69, 9.17) is 9.47 Å². The van der Waals surface area contributed by atoms with Gasteiger partial charge in [0.1, 0.15) is 6.10 Å². The van der Waals surface area contributed by atoms with E-state index in [-0.39, 0.29) is 12.0 Å². The molecule has 23 heavy (non-hydrogen) atoms. The number of ether oxygens (including phenoxy) is 2. The summed E-state index contributed by atoms with van der Waals surface area (Å²) in [5.74, 6) is 0.653. The molecule has 5 heteroatoms.